The Morgan fingerprint density at radius 1 is 1.08 bits per heavy atom. The third kappa shape index (κ3) is 2.92. The third-order valence-electron chi connectivity index (χ3n) is 4.47. The zero-order valence-electron chi connectivity index (χ0n) is 13.6. The van der Waals surface area contributed by atoms with Crippen LogP contribution in [0.2, 0.25) is 10.0 Å². The van der Waals surface area contributed by atoms with Gasteiger partial charge in [0.2, 0.25) is 5.91 Å². The van der Waals surface area contributed by atoms with Crippen LogP contribution in [-0.4, -0.2) is 31.5 Å². The van der Waals surface area contributed by atoms with Crippen LogP contribution >= 0.6 is 23.2 Å². The Kier molecular flexibility index (Phi) is 4.86. The first-order valence-corrected chi connectivity index (χ1v) is 8.58. The molecule has 2 aromatic carbocycles. The maximum atomic E-state index is 12.9. The fraction of sp³-hybridized carbons (Fsp3) is 0.316. The molecule has 1 amide bonds. The van der Waals surface area contributed by atoms with E-state index in [1.165, 1.54) is 0 Å². The standard InChI is InChI=1S/C19H19Cl2NO2/c1-22(2)18(23)17-9-10-24-19(17,13-5-3-7-15(20)11-13)14-6-4-8-16(21)12-14/h3-8,11-12,17H,9-10H2,1-2H3. The van der Waals surface area contributed by atoms with Crippen LogP contribution in [0.4, 0.5) is 0 Å². The van der Waals surface area contributed by atoms with Crippen LogP contribution < -0.4 is 0 Å². The van der Waals surface area contributed by atoms with E-state index in [-0.39, 0.29) is 11.8 Å². The monoisotopic (exact) mass is 363 g/mol. The minimum Gasteiger partial charge on any atom is -0.365 e. The molecule has 126 valence electrons. The van der Waals surface area contributed by atoms with Gasteiger partial charge in [-0.15, -0.1) is 0 Å². The first kappa shape index (κ1) is 17.3. The van der Waals surface area contributed by atoms with Crippen molar-refractivity contribution in [3.8, 4) is 0 Å². The van der Waals surface area contributed by atoms with Gasteiger partial charge in [0.1, 0.15) is 5.60 Å². The second kappa shape index (κ2) is 6.75. The number of amides is 1. The van der Waals surface area contributed by atoms with Crippen molar-refractivity contribution < 1.29 is 9.53 Å². The summed E-state index contributed by atoms with van der Waals surface area (Å²) < 4.78 is 6.24. The van der Waals surface area contributed by atoms with Crippen LogP contribution in [0.15, 0.2) is 48.5 Å². The predicted molar refractivity (Wildman–Crippen MR) is 96.4 cm³/mol. The average Bonchev–Trinajstić information content (AvgIpc) is 3.00. The molecule has 0 saturated carbocycles. The van der Waals surface area contributed by atoms with Gasteiger partial charge in [-0.3, -0.25) is 4.79 Å². The van der Waals surface area contributed by atoms with E-state index in [1.54, 1.807) is 19.0 Å². The SMILES string of the molecule is CN(C)C(=O)C1CCOC1(c1cccc(Cl)c1)c1cccc(Cl)c1. The van der Waals surface area contributed by atoms with Crippen molar-refractivity contribution in [1.82, 2.24) is 4.90 Å². The Labute approximate surface area is 152 Å². The number of halogens is 2. The third-order valence-corrected chi connectivity index (χ3v) is 4.94. The van der Waals surface area contributed by atoms with Crippen LogP contribution in [-0.2, 0) is 15.1 Å². The van der Waals surface area contributed by atoms with Gasteiger partial charge >= 0.3 is 0 Å². The Hall–Kier alpha value is -1.55. The van der Waals surface area contributed by atoms with Crippen LogP contribution in [0.1, 0.15) is 17.5 Å². The fourth-order valence-electron chi connectivity index (χ4n) is 3.43. The molecule has 1 saturated heterocycles. The molecule has 5 heteroatoms. The van der Waals surface area contributed by atoms with Crippen molar-refractivity contribution in [1.29, 1.82) is 0 Å². The molecular weight excluding hydrogens is 345 g/mol. The largest absolute Gasteiger partial charge is 0.365 e. The van der Waals surface area contributed by atoms with E-state index in [4.69, 9.17) is 27.9 Å². The van der Waals surface area contributed by atoms with E-state index in [1.807, 2.05) is 48.5 Å². The number of hydrogen-bond acceptors (Lipinski definition) is 2. The van der Waals surface area contributed by atoms with Gasteiger partial charge in [-0.1, -0.05) is 47.5 Å². The second-order valence-corrected chi connectivity index (χ2v) is 7.05. The molecule has 0 spiro atoms. The van der Waals surface area contributed by atoms with Crippen molar-refractivity contribution in [3.63, 3.8) is 0 Å². The number of nitrogens with zero attached hydrogens (tertiary/aromatic N) is 1. The molecule has 3 rings (SSSR count). The Bertz CT molecular complexity index is 715. The maximum Gasteiger partial charge on any atom is 0.228 e. The first-order chi connectivity index (χ1) is 11.4. The zero-order valence-corrected chi connectivity index (χ0v) is 15.1. The summed E-state index contributed by atoms with van der Waals surface area (Å²) in [6.07, 6.45) is 0.649. The van der Waals surface area contributed by atoms with Crippen molar-refractivity contribution >= 4 is 29.1 Å². The summed E-state index contributed by atoms with van der Waals surface area (Å²) >= 11 is 12.4. The summed E-state index contributed by atoms with van der Waals surface area (Å²) in [7, 11) is 3.53. The summed E-state index contributed by atoms with van der Waals surface area (Å²) in [6, 6.07) is 15.0. The van der Waals surface area contributed by atoms with Crippen LogP contribution in [0.25, 0.3) is 0 Å². The number of carbonyl (C=O) groups is 1. The van der Waals surface area contributed by atoms with E-state index in [9.17, 15) is 4.79 Å². The molecule has 24 heavy (non-hydrogen) atoms. The first-order valence-electron chi connectivity index (χ1n) is 7.82. The highest BCUT2D eigenvalue weighted by Gasteiger charge is 2.51. The van der Waals surface area contributed by atoms with Crippen LogP contribution in [0.3, 0.4) is 0 Å². The van der Waals surface area contributed by atoms with Gasteiger partial charge < -0.3 is 9.64 Å². The highest BCUT2D eigenvalue weighted by atomic mass is 35.5. The number of hydrogen-bond donors (Lipinski definition) is 0. The fourth-order valence-corrected chi connectivity index (χ4v) is 3.81. The minimum absolute atomic E-state index is 0.0347. The van der Waals surface area contributed by atoms with Gasteiger partial charge in [0, 0.05) is 30.7 Å². The molecule has 3 nitrogen and oxygen atoms in total. The van der Waals surface area contributed by atoms with Crippen molar-refractivity contribution in [2.45, 2.75) is 12.0 Å². The van der Waals surface area contributed by atoms with Crippen LogP contribution in [0.5, 0.6) is 0 Å². The van der Waals surface area contributed by atoms with Crippen molar-refractivity contribution in [2.75, 3.05) is 20.7 Å². The minimum atomic E-state index is -0.878. The summed E-state index contributed by atoms with van der Waals surface area (Å²) in [5.74, 6) is -0.295. The Morgan fingerprint density at radius 3 is 2.08 bits per heavy atom. The molecule has 1 unspecified atom stereocenters. The predicted octanol–water partition coefficient (Wildman–Crippen LogP) is 4.36. The molecule has 0 N–H and O–H groups in total. The zero-order chi connectivity index (χ0) is 17.3. The maximum absolute atomic E-state index is 12.9. The molecular formula is C19H19Cl2NO2. The van der Waals surface area contributed by atoms with Gasteiger partial charge in [0.05, 0.1) is 5.92 Å². The lowest BCUT2D eigenvalue weighted by atomic mass is 9.75. The van der Waals surface area contributed by atoms with E-state index in [0.717, 1.165) is 11.1 Å². The van der Waals surface area contributed by atoms with E-state index < -0.39 is 5.60 Å². The molecule has 0 bridgehead atoms. The molecule has 1 atom stereocenters. The molecule has 0 aliphatic carbocycles. The lowest BCUT2D eigenvalue weighted by Gasteiger charge is -2.36. The van der Waals surface area contributed by atoms with Crippen molar-refractivity contribution in [3.05, 3.63) is 69.7 Å². The van der Waals surface area contributed by atoms with Gasteiger partial charge in [-0.05, 0) is 41.8 Å². The Morgan fingerprint density at radius 2 is 1.62 bits per heavy atom. The number of ether oxygens (including phenoxy) is 1. The molecule has 0 aromatic heterocycles. The van der Waals surface area contributed by atoms with Gasteiger partial charge in [-0.2, -0.15) is 0 Å². The molecule has 1 fully saturated rings. The van der Waals surface area contributed by atoms with E-state index >= 15 is 0 Å². The highest BCUT2D eigenvalue weighted by molar-refractivity contribution is 6.31. The quantitative estimate of drug-likeness (QED) is 0.810. The van der Waals surface area contributed by atoms with Crippen molar-refractivity contribution in [2.24, 2.45) is 5.92 Å². The summed E-state index contributed by atoms with van der Waals surface area (Å²) in [5.41, 5.74) is 0.863. The number of carbonyl (C=O) groups excluding carboxylic acids is 1. The molecule has 1 aliphatic rings. The molecule has 1 heterocycles. The number of benzene rings is 2. The smallest absolute Gasteiger partial charge is 0.228 e. The highest BCUT2D eigenvalue weighted by Crippen LogP contribution is 2.48. The molecule has 2 aromatic rings. The summed E-state index contributed by atoms with van der Waals surface area (Å²) in [5, 5.41) is 1.22. The van der Waals surface area contributed by atoms with Gasteiger partial charge in [0.25, 0.3) is 0 Å². The second-order valence-electron chi connectivity index (χ2n) is 6.18. The average molecular weight is 364 g/mol. The summed E-state index contributed by atoms with van der Waals surface area (Å²) in [6.45, 7) is 0.503. The van der Waals surface area contributed by atoms with Crippen LogP contribution in [0, 0.1) is 5.92 Å². The molecule has 1 aliphatic heterocycles. The molecule has 0 radical (unpaired) electrons. The van der Waals surface area contributed by atoms with Gasteiger partial charge in [-0.25, -0.2) is 0 Å². The van der Waals surface area contributed by atoms with E-state index in [0.29, 0.717) is 23.1 Å². The number of rotatable bonds is 3. The lowest BCUT2D eigenvalue weighted by molar-refractivity contribution is -0.137. The Balaban J connectivity index is 2.23. The normalized spacial score (nSPS) is 19.2. The van der Waals surface area contributed by atoms with E-state index in [2.05, 4.69) is 0 Å². The van der Waals surface area contributed by atoms with Gasteiger partial charge in [0.15, 0.2) is 0 Å². The topological polar surface area (TPSA) is 29.5 Å². The lowest BCUT2D eigenvalue weighted by Crippen LogP contribution is -2.43. The summed E-state index contributed by atoms with van der Waals surface area (Å²) in [4.78, 5) is 14.5.